The molecule has 0 unspecified atom stereocenters. The molecule has 0 aliphatic rings. The smallest absolute Gasteiger partial charge is 0.196 e. The van der Waals surface area contributed by atoms with Crippen LogP contribution >= 0.6 is 0 Å². The molecule has 0 amide bonds. The van der Waals surface area contributed by atoms with Gasteiger partial charge in [0.25, 0.3) is 0 Å². The van der Waals surface area contributed by atoms with Crippen molar-refractivity contribution in [2.24, 2.45) is 0 Å². The minimum absolute atomic E-state index is 0.0153. The molecule has 0 atom stereocenters. The van der Waals surface area contributed by atoms with Crippen LogP contribution in [0.2, 0.25) is 0 Å². The first-order chi connectivity index (χ1) is 12.8. The highest BCUT2D eigenvalue weighted by Gasteiger charge is 2.16. The molecule has 26 heavy (non-hydrogen) atoms. The summed E-state index contributed by atoms with van der Waals surface area (Å²) in [7, 11) is 1.63. The number of rotatable bonds is 4. The molecule has 3 nitrogen and oxygen atoms in total. The van der Waals surface area contributed by atoms with Gasteiger partial charge >= 0.3 is 0 Å². The number of hydrogen-bond acceptors (Lipinski definition) is 3. The molecule has 3 aromatic carbocycles. The van der Waals surface area contributed by atoms with E-state index in [4.69, 9.17) is 9.15 Å². The van der Waals surface area contributed by atoms with Crippen molar-refractivity contribution in [1.82, 2.24) is 0 Å². The Hall–Kier alpha value is -3.33. The van der Waals surface area contributed by atoms with Gasteiger partial charge in [0.15, 0.2) is 5.43 Å². The Bertz CT molecular complexity index is 1090. The van der Waals surface area contributed by atoms with E-state index in [2.05, 4.69) is 0 Å². The summed E-state index contributed by atoms with van der Waals surface area (Å²) in [4.78, 5) is 13.2. The summed E-state index contributed by atoms with van der Waals surface area (Å²) < 4.78 is 11.4. The van der Waals surface area contributed by atoms with Gasteiger partial charge in [-0.15, -0.1) is 0 Å². The second-order valence-electron chi connectivity index (χ2n) is 6.13. The fourth-order valence-corrected chi connectivity index (χ4v) is 3.12. The van der Waals surface area contributed by atoms with E-state index in [0.717, 1.165) is 16.9 Å². The lowest BCUT2D eigenvalue weighted by molar-refractivity contribution is 0.415. The normalized spacial score (nSPS) is 10.8. The highest BCUT2D eigenvalue weighted by Crippen LogP contribution is 2.29. The Morgan fingerprint density at radius 1 is 0.846 bits per heavy atom. The second-order valence-corrected chi connectivity index (χ2v) is 6.13. The summed E-state index contributed by atoms with van der Waals surface area (Å²) in [5, 5.41) is 0.607. The van der Waals surface area contributed by atoms with Crippen LogP contribution in [0.25, 0.3) is 22.3 Å². The maximum atomic E-state index is 13.2. The first-order valence-corrected chi connectivity index (χ1v) is 8.49. The van der Waals surface area contributed by atoms with Crippen LogP contribution in [0.5, 0.6) is 5.75 Å². The van der Waals surface area contributed by atoms with E-state index >= 15 is 0 Å². The topological polar surface area (TPSA) is 39.4 Å². The number of ether oxygens (including phenoxy) is 1. The molecule has 0 saturated heterocycles. The zero-order chi connectivity index (χ0) is 17.9. The minimum atomic E-state index is 0.0153. The molecule has 0 N–H and O–H groups in total. The van der Waals surface area contributed by atoms with Crippen LogP contribution in [0.15, 0.2) is 88.1 Å². The zero-order valence-corrected chi connectivity index (χ0v) is 14.4. The van der Waals surface area contributed by atoms with Gasteiger partial charge in [-0.05, 0) is 42.0 Å². The van der Waals surface area contributed by atoms with Crippen molar-refractivity contribution in [3.63, 3.8) is 0 Å². The molecular weight excluding hydrogens is 324 g/mol. The van der Waals surface area contributed by atoms with Gasteiger partial charge in [-0.3, -0.25) is 4.79 Å². The van der Waals surface area contributed by atoms with Crippen molar-refractivity contribution in [3.05, 3.63) is 100 Å². The minimum Gasteiger partial charge on any atom is -0.497 e. The monoisotopic (exact) mass is 342 g/mol. The number of benzene rings is 3. The van der Waals surface area contributed by atoms with Gasteiger partial charge in [-0.25, -0.2) is 0 Å². The van der Waals surface area contributed by atoms with Gasteiger partial charge in [0.1, 0.15) is 17.1 Å². The van der Waals surface area contributed by atoms with E-state index < -0.39 is 0 Å². The van der Waals surface area contributed by atoms with Gasteiger partial charge in [0.05, 0.1) is 12.5 Å². The van der Waals surface area contributed by atoms with Crippen LogP contribution in [0.1, 0.15) is 11.1 Å². The van der Waals surface area contributed by atoms with Crippen molar-refractivity contribution in [3.8, 4) is 17.1 Å². The standard InChI is InChI=1S/C23H18O3/c1-25-18-13-11-17(12-14-18)23-20(15-16-7-3-2-4-8-16)22(24)19-9-5-6-10-21(19)26-23/h2-14H,15H2,1H3. The second kappa shape index (κ2) is 6.89. The van der Waals surface area contributed by atoms with Crippen LogP contribution in [0.4, 0.5) is 0 Å². The molecule has 0 bridgehead atoms. The van der Waals surface area contributed by atoms with Crippen LogP contribution in [0.3, 0.4) is 0 Å². The molecule has 0 radical (unpaired) electrons. The lowest BCUT2D eigenvalue weighted by Crippen LogP contribution is -2.11. The molecule has 0 aliphatic carbocycles. The summed E-state index contributed by atoms with van der Waals surface area (Å²) in [5.41, 5.74) is 3.21. The molecule has 128 valence electrons. The van der Waals surface area contributed by atoms with Gasteiger partial charge in [-0.2, -0.15) is 0 Å². The highest BCUT2D eigenvalue weighted by molar-refractivity contribution is 5.80. The SMILES string of the molecule is COc1ccc(-c2oc3ccccc3c(=O)c2Cc2ccccc2)cc1. The molecule has 4 rings (SSSR count). The molecule has 0 spiro atoms. The van der Waals surface area contributed by atoms with E-state index in [9.17, 15) is 4.79 Å². The Morgan fingerprint density at radius 3 is 2.27 bits per heavy atom. The quantitative estimate of drug-likeness (QED) is 0.520. The average molecular weight is 342 g/mol. The first kappa shape index (κ1) is 16.2. The largest absolute Gasteiger partial charge is 0.497 e. The average Bonchev–Trinajstić information content (AvgIpc) is 2.71. The third kappa shape index (κ3) is 3.00. The van der Waals surface area contributed by atoms with E-state index in [1.165, 1.54) is 0 Å². The van der Waals surface area contributed by atoms with Gasteiger partial charge in [0, 0.05) is 17.5 Å². The van der Waals surface area contributed by atoms with Crippen LogP contribution in [-0.4, -0.2) is 7.11 Å². The highest BCUT2D eigenvalue weighted by atomic mass is 16.5. The number of methoxy groups -OCH3 is 1. The Balaban J connectivity index is 1.94. The third-order valence-electron chi connectivity index (χ3n) is 4.47. The summed E-state index contributed by atoms with van der Waals surface area (Å²) >= 11 is 0. The fourth-order valence-electron chi connectivity index (χ4n) is 3.12. The predicted molar refractivity (Wildman–Crippen MR) is 104 cm³/mol. The summed E-state index contributed by atoms with van der Waals surface area (Å²) in [5.74, 6) is 1.38. The molecule has 0 fully saturated rings. The number of hydrogen-bond donors (Lipinski definition) is 0. The Labute approximate surface area is 151 Å². The first-order valence-electron chi connectivity index (χ1n) is 8.49. The molecule has 0 aliphatic heterocycles. The van der Waals surface area contributed by atoms with Gasteiger partial charge < -0.3 is 9.15 Å². The van der Waals surface area contributed by atoms with Crippen molar-refractivity contribution in [2.75, 3.05) is 7.11 Å². The van der Waals surface area contributed by atoms with Crippen molar-refractivity contribution in [1.29, 1.82) is 0 Å². The van der Waals surface area contributed by atoms with Crippen molar-refractivity contribution < 1.29 is 9.15 Å². The lowest BCUT2D eigenvalue weighted by atomic mass is 9.98. The predicted octanol–water partition coefficient (Wildman–Crippen LogP) is 5.06. The number of para-hydroxylation sites is 1. The summed E-state index contributed by atoms with van der Waals surface area (Å²) in [6.07, 6.45) is 0.523. The van der Waals surface area contributed by atoms with Crippen molar-refractivity contribution in [2.45, 2.75) is 6.42 Å². The molecular formula is C23H18O3. The molecule has 4 aromatic rings. The number of fused-ring (bicyclic) bond motifs is 1. The van der Waals surface area contributed by atoms with Crippen LogP contribution < -0.4 is 10.2 Å². The van der Waals surface area contributed by atoms with E-state index in [-0.39, 0.29) is 5.43 Å². The van der Waals surface area contributed by atoms with Crippen LogP contribution in [-0.2, 0) is 6.42 Å². The maximum Gasteiger partial charge on any atom is 0.196 e. The molecule has 0 saturated carbocycles. The van der Waals surface area contributed by atoms with E-state index in [1.807, 2.05) is 78.9 Å². The van der Waals surface area contributed by atoms with Gasteiger partial charge in [-0.1, -0.05) is 42.5 Å². The Kier molecular flexibility index (Phi) is 4.28. The maximum absolute atomic E-state index is 13.2. The zero-order valence-electron chi connectivity index (χ0n) is 14.4. The molecule has 1 aromatic heterocycles. The summed E-state index contributed by atoms with van der Waals surface area (Å²) in [6.45, 7) is 0. The molecule has 3 heteroatoms. The summed E-state index contributed by atoms with van der Waals surface area (Å²) in [6, 6.07) is 24.9. The van der Waals surface area contributed by atoms with Gasteiger partial charge in [0.2, 0.25) is 0 Å². The third-order valence-corrected chi connectivity index (χ3v) is 4.47. The van der Waals surface area contributed by atoms with E-state index in [1.54, 1.807) is 7.11 Å². The molecule has 1 heterocycles. The van der Waals surface area contributed by atoms with Crippen molar-refractivity contribution >= 4 is 11.0 Å². The lowest BCUT2D eigenvalue weighted by Gasteiger charge is -2.11. The Morgan fingerprint density at radius 2 is 1.54 bits per heavy atom. The fraction of sp³-hybridized carbons (Fsp3) is 0.0870. The van der Waals surface area contributed by atoms with E-state index in [0.29, 0.717) is 28.7 Å². The van der Waals surface area contributed by atoms with Crippen LogP contribution in [0, 0.1) is 0 Å².